The van der Waals surface area contributed by atoms with Gasteiger partial charge in [0.2, 0.25) is 0 Å². The lowest BCUT2D eigenvalue weighted by atomic mass is 10.2. The molecule has 3 rings (SSSR count). The van der Waals surface area contributed by atoms with E-state index in [2.05, 4.69) is 0 Å². The predicted molar refractivity (Wildman–Crippen MR) is 94.3 cm³/mol. The zero-order valence-electron chi connectivity index (χ0n) is 13.0. The Hall–Kier alpha value is -3.11. The Morgan fingerprint density at radius 2 is 1.20 bits per heavy atom. The maximum atomic E-state index is 12.0. The van der Waals surface area contributed by atoms with Gasteiger partial charge in [-0.3, -0.25) is 0 Å². The molecule has 25 heavy (non-hydrogen) atoms. The highest BCUT2D eigenvalue weighted by Crippen LogP contribution is 2.29. The zero-order chi connectivity index (χ0) is 17.6. The lowest BCUT2D eigenvalue weighted by molar-refractivity contribution is 0.0719. The maximum Gasteiger partial charge on any atom is 0.343 e. The molecule has 3 aromatic rings. The number of halogens is 1. The van der Waals surface area contributed by atoms with E-state index in [4.69, 9.17) is 21.1 Å². The molecule has 0 aliphatic heterocycles. The average molecular weight is 353 g/mol. The molecule has 0 fully saturated rings. The van der Waals surface area contributed by atoms with Gasteiger partial charge in [-0.15, -0.1) is 0 Å². The first-order valence-corrected chi connectivity index (χ1v) is 7.85. The Kier molecular flexibility index (Phi) is 5.11. The van der Waals surface area contributed by atoms with E-state index in [-0.39, 0.29) is 16.5 Å². The second kappa shape index (κ2) is 7.64. The fourth-order valence-electron chi connectivity index (χ4n) is 2.10. The molecule has 0 unspecified atom stereocenters. The first kappa shape index (κ1) is 16.7. The van der Waals surface area contributed by atoms with Crippen LogP contribution in [0.15, 0.2) is 78.9 Å². The van der Waals surface area contributed by atoms with Gasteiger partial charge in [-0.2, -0.15) is 0 Å². The number of esters is 2. The standard InChI is InChI=1S/C20H13ClO4/c21-17-13-16(24-19(22)14-7-3-1-4-8-14)11-12-18(17)25-20(23)15-9-5-2-6-10-15/h1-13H. The predicted octanol–water partition coefficient (Wildman–Crippen LogP) is 4.78. The van der Waals surface area contributed by atoms with Crippen molar-refractivity contribution in [3.63, 3.8) is 0 Å². The van der Waals surface area contributed by atoms with Crippen molar-refractivity contribution in [2.24, 2.45) is 0 Å². The molecule has 0 saturated heterocycles. The lowest BCUT2D eigenvalue weighted by Crippen LogP contribution is -2.10. The van der Waals surface area contributed by atoms with Crippen LogP contribution in [0.2, 0.25) is 5.02 Å². The minimum Gasteiger partial charge on any atom is -0.423 e. The molecule has 0 aromatic heterocycles. The van der Waals surface area contributed by atoms with Crippen molar-refractivity contribution in [1.29, 1.82) is 0 Å². The third kappa shape index (κ3) is 4.25. The Morgan fingerprint density at radius 3 is 1.72 bits per heavy atom. The van der Waals surface area contributed by atoms with Gasteiger partial charge < -0.3 is 9.47 Å². The largest absolute Gasteiger partial charge is 0.423 e. The number of benzene rings is 3. The van der Waals surface area contributed by atoms with Crippen LogP contribution in [-0.2, 0) is 0 Å². The van der Waals surface area contributed by atoms with Crippen molar-refractivity contribution in [3.8, 4) is 11.5 Å². The van der Waals surface area contributed by atoms with Crippen molar-refractivity contribution >= 4 is 23.5 Å². The number of hydrogen-bond acceptors (Lipinski definition) is 4. The van der Waals surface area contributed by atoms with Gasteiger partial charge in [-0.1, -0.05) is 48.0 Å². The number of hydrogen-bond donors (Lipinski definition) is 0. The van der Waals surface area contributed by atoms with Crippen LogP contribution in [0.4, 0.5) is 0 Å². The van der Waals surface area contributed by atoms with Crippen LogP contribution in [0, 0.1) is 0 Å². The monoisotopic (exact) mass is 352 g/mol. The Balaban J connectivity index is 1.71. The average Bonchev–Trinajstić information content (AvgIpc) is 2.65. The topological polar surface area (TPSA) is 52.6 Å². The molecule has 5 heteroatoms. The molecule has 0 spiro atoms. The van der Waals surface area contributed by atoms with E-state index < -0.39 is 11.9 Å². The number of ether oxygens (including phenoxy) is 2. The van der Waals surface area contributed by atoms with E-state index in [1.54, 1.807) is 54.6 Å². The van der Waals surface area contributed by atoms with Gasteiger partial charge in [0.25, 0.3) is 0 Å². The molecule has 0 saturated carbocycles. The summed E-state index contributed by atoms with van der Waals surface area (Å²) in [5, 5.41) is 0.169. The summed E-state index contributed by atoms with van der Waals surface area (Å²) in [5.74, 6) is -0.560. The molecule has 0 aliphatic rings. The second-order valence-corrected chi connectivity index (χ2v) is 5.51. The van der Waals surface area contributed by atoms with Crippen LogP contribution in [0.1, 0.15) is 20.7 Å². The van der Waals surface area contributed by atoms with Gasteiger partial charge in [0.15, 0.2) is 0 Å². The molecule has 0 N–H and O–H groups in total. The first-order chi connectivity index (χ1) is 12.1. The van der Waals surface area contributed by atoms with Crippen LogP contribution in [0.3, 0.4) is 0 Å². The fraction of sp³-hybridized carbons (Fsp3) is 0. The van der Waals surface area contributed by atoms with Crippen LogP contribution < -0.4 is 9.47 Å². The SMILES string of the molecule is O=C(Oc1ccc(OC(=O)c2ccccc2)c(Cl)c1)c1ccccc1. The first-order valence-electron chi connectivity index (χ1n) is 7.47. The molecular formula is C20H13ClO4. The van der Waals surface area contributed by atoms with Crippen LogP contribution in [0.5, 0.6) is 11.5 Å². The Morgan fingerprint density at radius 1 is 0.680 bits per heavy atom. The van der Waals surface area contributed by atoms with Crippen LogP contribution in [-0.4, -0.2) is 11.9 Å². The molecule has 3 aromatic carbocycles. The van der Waals surface area contributed by atoms with Gasteiger partial charge in [0, 0.05) is 6.07 Å². The molecule has 0 amide bonds. The lowest BCUT2D eigenvalue weighted by Gasteiger charge is -2.09. The number of carbonyl (C=O) groups is 2. The smallest absolute Gasteiger partial charge is 0.343 e. The van der Waals surface area contributed by atoms with E-state index in [9.17, 15) is 9.59 Å². The maximum absolute atomic E-state index is 12.0. The highest BCUT2D eigenvalue weighted by atomic mass is 35.5. The Labute approximate surface area is 149 Å². The van der Waals surface area contributed by atoms with E-state index in [1.807, 2.05) is 6.07 Å². The van der Waals surface area contributed by atoms with E-state index >= 15 is 0 Å². The van der Waals surface area contributed by atoms with Crippen molar-refractivity contribution < 1.29 is 19.1 Å². The van der Waals surface area contributed by atoms with Gasteiger partial charge in [0.05, 0.1) is 16.1 Å². The zero-order valence-corrected chi connectivity index (χ0v) is 13.8. The van der Waals surface area contributed by atoms with Crippen molar-refractivity contribution in [2.45, 2.75) is 0 Å². The summed E-state index contributed by atoms with van der Waals surface area (Å²) < 4.78 is 10.5. The summed E-state index contributed by atoms with van der Waals surface area (Å²) in [5.41, 5.74) is 0.844. The highest BCUT2D eigenvalue weighted by Gasteiger charge is 2.13. The molecule has 0 aliphatic carbocycles. The molecule has 0 radical (unpaired) electrons. The van der Waals surface area contributed by atoms with E-state index in [1.165, 1.54) is 18.2 Å². The third-order valence-electron chi connectivity index (χ3n) is 3.34. The molecule has 0 bridgehead atoms. The van der Waals surface area contributed by atoms with E-state index in [0.717, 1.165) is 0 Å². The van der Waals surface area contributed by atoms with Crippen molar-refractivity contribution in [2.75, 3.05) is 0 Å². The van der Waals surface area contributed by atoms with Gasteiger partial charge >= 0.3 is 11.9 Å². The highest BCUT2D eigenvalue weighted by molar-refractivity contribution is 6.32. The van der Waals surface area contributed by atoms with Crippen LogP contribution >= 0.6 is 11.6 Å². The molecule has 0 heterocycles. The van der Waals surface area contributed by atoms with Gasteiger partial charge in [0.1, 0.15) is 11.5 Å². The van der Waals surface area contributed by atoms with Gasteiger partial charge in [-0.05, 0) is 36.4 Å². The molecular weight excluding hydrogens is 340 g/mol. The minimum absolute atomic E-state index is 0.169. The number of carbonyl (C=O) groups excluding carboxylic acids is 2. The summed E-state index contributed by atoms with van der Waals surface area (Å²) in [6, 6.07) is 21.6. The fourth-order valence-corrected chi connectivity index (χ4v) is 2.31. The molecule has 0 atom stereocenters. The summed E-state index contributed by atoms with van der Waals surface area (Å²) in [4.78, 5) is 24.1. The van der Waals surface area contributed by atoms with Crippen molar-refractivity contribution in [3.05, 3.63) is 95.0 Å². The minimum atomic E-state index is -0.517. The second-order valence-electron chi connectivity index (χ2n) is 5.10. The number of rotatable bonds is 4. The third-order valence-corrected chi connectivity index (χ3v) is 3.63. The van der Waals surface area contributed by atoms with Gasteiger partial charge in [-0.25, -0.2) is 9.59 Å². The summed E-state index contributed by atoms with van der Waals surface area (Å²) in [6.45, 7) is 0. The van der Waals surface area contributed by atoms with Crippen molar-refractivity contribution in [1.82, 2.24) is 0 Å². The summed E-state index contributed by atoms with van der Waals surface area (Å²) in [6.07, 6.45) is 0. The van der Waals surface area contributed by atoms with E-state index in [0.29, 0.717) is 11.1 Å². The molecule has 4 nitrogen and oxygen atoms in total. The Bertz CT molecular complexity index is 892. The summed E-state index contributed by atoms with van der Waals surface area (Å²) >= 11 is 6.12. The quantitative estimate of drug-likeness (QED) is 0.501. The summed E-state index contributed by atoms with van der Waals surface area (Å²) in [7, 11) is 0. The van der Waals surface area contributed by atoms with Crippen LogP contribution in [0.25, 0.3) is 0 Å². The molecule has 124 valence electrons. The normalized spacial score (nSPS) is 10.1.